The zero-order valence-corrected chi connectivity index (χ0v) is 15.0. The summed E-state index contributed by atoms with van der Waals surface area (Å²) in [6, 6.07) is 5.66. The normalized spacial score (nSPS) is 20.1. The Labute approximate surface area is 140 Å². The zero-order chi connectivity index (χ0) is 16.9. The highest BCUT2D eigenvalue weighted by atomic mass is 32.2. The summed E-state index contributed by atoms with van der Waals surface area (Å²) in [4.78, 5) is 18.1. The van der Waals surface area contributed by atoms with Gasteiger partial charge in [0, 0.05) is 35.8 Å². The number of amides is 1. The molecule has 0 spiro atoms. The van der Waals surface area contributed by atoms with Gasteiger partial charge in [-0.25, -0.2) is 4.79 Å². The first kappa shape index (κ1) is 17.9. The lowest BCUT2D eigenvalue weighted by molar-refractivity contribution is 0.0176. The van der Waals surface area contributed by atoms with Crippen molar-refractivity contribution in [3.05, 3.63) is 30.1 Å². The van der Waals surface area contributed by atoms with Crippen LogP contribution in [0.4, 0.5) is 4.79 Å². The quantitative estimate of drug-likeness (QED) is 0.847. The Morgan fingerprint density at radius 2 is 2.22 bits per heavy atom. The average Bonchev–Trinajstić information content (AvgIpc) is 2.46. The summed E-state index contributed by atoms with van der Waals surface area (Å²) in [5.41, 5.74) is 0.372. The number of hydrogen-bond donors (Lipinski definition) is 0. The number of hydrogen-bond acceptors (Lipinski definition) is 4. The van der Waals surface area contributed by atoms with E-state index in [1.165, 1.54) is 0 Å². The summed E-state index contributed by atoms with van der Waals surface area (Å²) in [6.45, 7) is 6.96. The molecule has 2 rings (SSSR count). The van der Waals surface area contributed by atoms with E-state index < -0.39 is 16.4 Å². The van der Waals surface area contributed by atoms with Gasteiger partial charge in [-0.05, 0) is 51.7 Å². The molecule has 2 heterocycles. The number of pyridine rings is 1. The van der Waals surface area contributed by atoms with Crippen molar-refractivity contribution in [2.45, 2.75) is 45.0 Å². The second-order valence-corrected chi connectivity index (χ2v) is 8.51. The number of aromatic nitrogens is 1. The minimum atomic E-state index is -0.957. The Bertz CT molecular complexity index is 543. The average molecular weight is 338 g/mol. The molecule has 1 aliphatic rings. The van der Waals surface area contributed by atoms with Crippen LogP contribution in [-0.4, -0.2) is 44.6 Å². The van der Waals surface area contributed by atoms with Gasteiger partial charge in [0.05, 0.1) is 11.4 Å². The predicted octanol–water partition coefficient (Wildman–Crippen LogP) is 2.98. The molecule has 128 valence electrons. The highest BCUT2D eigenvalue weighted by molar-refractivity contribution is 7.84. The van der Waals surface area contributed by atoms with E-state index in [0.29, 0.717) is 18.1 Å². The van der Waals surface area contributed by atoms with E-state index in [1.807, 2.05) is 39.0 Å². The maximum Gasteiger partial charge on any atom is 0.410 e. The second-order valence-electron chi connectivity index (χ2n) is 7.01. The number of carbonyl (C=O) groups excluding carboxylic acids is 1. The number of rotatable bonds is 4. The van der Waals surface area contributed by atoms with Crippen molar-refractivity contribution in [2.24, 2.45) is 5.92 Å². The van der Waals surface area contributed by atoms with E-state index in [9.17, 15) is 9.00 Å². The molecule has 1 fully saturated rings. The number of carbonyl (C=O) groups is 1. The van der Waals surface area contributed by atoms with Crippen molar-refractivity contribution >= 4 is 16.9 Å². The Kier molecular flexibility index (Phi) is 6.16. The Balaban J connectivity index is 1.84. The van der Waals surface area contributed by atoms with Gasteiger partial charge in [0.15, 0.2) is 0 Å². The van der Waals surface area contributed by atoms with E-state index >= 15 is 0 Å². The van der Waals surface area contributed by atoms with Crippen LogP contribution >= 0.6 is 0 Å². The standard InChI is InChI=1S/C17H26N2O3S/c1-17(2,3)22-16(20)19-10-6-7-14(11-19)12-23(21)13-15-8-4-5-9-18-15/h4-5,8-9,14H,6-7,10-13H2,1-3H3. The van der Waals surface area contributed by atoms with Crippen LogP contribution in [0.2, 0.25) is 0 Å². The Morgan fingerprint density at radius 3 is 2.87 bits per heavy atom. The minimum absolute atomic E-state index is 0.265. The maximum atomic E-state index is 12.3. The van der Waals surface area contributed by atoms with E-state index in [2.05, 4.69) is 4.98 Å². The zero-order valence-electron chi connectivity index (χ0n) is 14.2. The molecule has 0 aliphatic carbocycles. The number of likely N-dealkylation sites (tertiary alicyclic amines) is 1. The van der Waals surface area contributed by atoms with Crippen LogP contribution < -0.4 is 0 Å². The molecular weight excluding hydrogens is 312 g/mol. The highest BCUT2D eigenvalue weighted by Crippen LogP contribution is 2.20. The molecule has 0 bridgehead atoms. The van der Waals surface area contributed by atoms with Gasteiger partial charge in [-0.1, -0.05) is 6.07 Å². The van der Waals surface area contributed by atoms with Crippen molar-refractivity contribution in [3.8, 4) is 0 Å². The molecule has 2 unspecified atom stereocenters. The molecule has 2 atom stereocenters. The van der Waals surface area contributed by atoms with E-state index in [0.717, 1.165) is 25.1 Å². The van der Waals surface area contributed by atoms with Gasteiger partial charge in [0.2, 0.25) is 0 Å². The summed E-state index contributed by atoms with van der Waals surface area (Å²) in [7, 11) is -0.957. The molecule has 1 saturated heterocycles. The monoisotopic (exact) mass is 338 g/mol. The lowest BCUT2D eigenvalue weighted by atomic mass is 10.0. The van der Waals surface area contributed by atoms with Crippen molar-refractivity contribution in [2.75, 3.05) is 18.8 Å². The fourth-order valence-corrected chi connectivity index (χ4v) is 4.08. The van der Waals surface area contributed by atoms with Crippen LogP contribution in [0.25, 0.3) is 0 Å². The maximum absolute atomic E-state index is 12.3. The van der Waals surface area contributed by atoms with Gasteiger partial charge < -0.3 is 9.64 Å². The fraction of sp³-hybridized carbons (Fsp3) is 0.647. The van der Waals surface area contributed by atoms with E-state index in [1.54, 1.807) is 11.1 Å². The molecule has 6 heteroatoms. The van der Waals surface area contributed by atoms with Gasteiger partial charge in [-0.2, -0.15) is 0 Å². The van der Waals surface area contributed by atoms with Gasteiger partial charge in [0.1, 0.15) is 5.60 Å². The largest absolute Gasteiger partial charge is 0.444 e. The lowest BCUT2D eigenvalue weighted by Crippen LogP contribution is -2.44. The van der Waals surface area contributed by atoms with Gasteiger partial charge in [-0.15, -0.1) is 0 Å². The van der Waals surface area contributed by atoms with E-state index in [4.69, 9.17) is 4.74 Å². The first-order chi connectivity index (χ1) is 10.8. The smallest absolute Gasteiger partial charge is 0.410 e. The Morgan fingerprint density at radius 1 is 1.43 bits per heavy atom. The van der Waals surface area contributed by atoms with Crippen LogP contribution in [0.1, 0.15) is 39.3 Å². The lowest BCUT2D eigenvalue weighted by Gasteiger charge is -2.34. The SMILES string of the molecule is CC(C)(C)OC(=O)N1CCCC(CS(=O)Cc2ccccn2)C1. The van der Waals surface area contributed by atoms with Gasteiger partial charge in [0.25, 0.3) is 0 Å². The van der Waals surface area contributed by atoms with Crippen LogP contribution in [0.3, 0.4) is 0 Å². The third-order valence-corrected chi connectivity index (χ3v) is 5.09. The van der Waals surface area contributed by atoms with Crippen LogP contribution in [-0.2, 0) is 21.3 Å². The third-order valence-electron chi connectivity index (χ3n) is 3.63. The molecule has 0 saturated carbocycles. The molecular formula is C17H26N2O3S. The third kappa shape index (κ3) is 6.29. The topological polar surface area (TPSA) is 59.5 Å². The Hall–Kier alpha value is -1.43. The fourth-order valence-electron chi connectivity index (χ4n) is 2.66. The number of piperidine rings is 1. The van der Waals surface area contributed by atoms with Crippen LogP contribution in [0, 0.1) is 5.92 Å². The molecule has 1 aromatic heterocycles. The molecule has 0 aromatic carbocycles. The highest BCUT2D eigenvalue weighted by Gasteiger charge is 2.28. The van der Waals surface area contributed by atoms with Gasteiger partial charge >= 0.3 is 6.09 Å². The molecule has 1 aliphatic heterocycles. The molecule has 1 aromatic rings. The van der Waals surface area contributed by atoms with Crippen molar-refractivity contribution < 1.29 is 13.7 Å². The number of nitrogens with zero attached hydrogens (tertiary/aromatic N) is 2. The van der Waals surface area contributed by atoms with Crippen molar-refractivity contribution in [3.63, 3.8) is 0 Å². The molecule has 0 radical (unpaired) electrons. The van der Waals surface area contributed by atoms with Crippen LogP contribution in [0.5, 0.6) is 0 Å². The summed E-state index contributed by atoms with van der Waals surface area (Å²) < 4.78 is 17.7. The van der Waals surface area contributed by atoms with Gasteiger partial charge in [-0.3, -0.25) is 9.19 Å². The number of ether oxygens (including phenoxy) is 1. The molecule has 23 heavy (non-hydrogen) atoms. The summed E-state index contributed by atoms with van der Waals surface area (Å²) in [5, 5.41) is 0. The summed E-state index contributed by atoms with van der Waals surface area (Å²) in [5.74, 6) is 1.35. The van der Waals surface area contributed by atoms with Crippen molar-refractivity contribution in [1.82, 2.24) is 9.88 Å². The summed E-state index contributed by atoms with van der Waals surface area (Å²) in [6.07, 6.45) is 3.40. The summed E-state index contributed by atoms with van der Waals surface area (Å²) >= 11 is 0. The second kappa shape index (κ2) is 7.90. The molecule has 1 amide bonds. The van der Waals surface area contributed by atoms with Crippen molar-refractivity contribution in [1.29, 1.82) is 0 Å². The van der Waals surface area contributed by atoms with E-state index in [-0.39, 0.29) is 12.0 Å². The molecule has 5 nitrogen and oxygen atoms in total. The predicted molar refractivity (Wildman–Crippen MR) is 91.5 cm³/mol. The van der Waals surface area contributed by atoms with Crippen LogP contribution in [0.15, 0.2) is 24.4 Å². The first-order valence-electron chi connectivity index (χ1n) is 8.06. The first-order valence-corrected chi connectivity index (χ1v) is 9.55. The molecule has 0 N–H and O–H groups in total. The minimum Gasteiger partial charge on any atom is -0.444 e.